The van der Waals surface area contributed by atoms with Gasteiger partial charge in [-0.3, -0.25) is 0 Å². The van der Waals surface area contributed by atoms with Crippen molar-refractivity contribution < 1.29 is 0 Å². The number of hydrogen-bond donors (Lipinski definition) is 1. The molecule has 2 fully saturated rings. The zero-order chi connectivity index (χ0) is 9.97. The van der Waals surface area contributed by atoms with Gasteiger partial charge in [-0.2, -0.15) is 0 Å². The van der Waals surface area contributed by atoms with Gasteiger partial charge < -0.3 is 5.73 Å². The van der Waals surface area contributed by atoms with Crippen LogP contribution in [0.5, 0.6) is 0 Å². The van der Waals surface area contributed by atoms with Crippen molar-refractivity contribution in [1.82, 2.24) is 0 Å². The lowest BCUT2D eigenvalue weighted by atomic mass is 9.76. The Balaban J connectivity index is 1.76. The summed E-state index contributed by atoms with van der Waals surface area (Å²) >= 11 is 0. The molecule has 0 heterocycles. The third kappa shape index (κ3) is 2.73. The summed E-state index contributed by atoms with van der Waals surface area (Å²) in [5, 5.41) is 0. The molecule has 82 valence electrons. The van der Waals surface area contributed by atoms with Crippen LogP contribution in [0.4, 0.5) is 0 Å². The van der Waals surface area contributed by atoms with Crippen LogP contribution in [0.2, 0.25) is 0 Å². The van der Waals surface area contributed by atoms with E-state index in [0.717, 1.165) is 17.8 Å². The third-order valence-corrected chi connectivity index (χ3v) is 4.31. The molecule has 14 heavy (non-hydrogen) atoms. The molecule has 0 spiro atoms. The van der Waals surface area contributed by atoms with Crippen LogP contribution in [0.1, 0.15) is 58.3 Å². The molecule has 2 N–H and O–H groups in total. The molecule has 3 unspecified atom stereocenters. The fourth-order valence-corrected chi connectivity index (χ4v) is 3.02. The van der Waals surface area contributed by atoms with E-state index in [9.17, 15) is 0 Å². The topological polar surface area (TPSA) is 26.0 Å². The zero-order valence-corrected chi connectivity index (χ0v) is 9.54. The monoisotopic (exact) mass is 195 g/mol. The SMILES string of the molecule is CCC1CCCC(C(N)CC2CC2)C1. The quantitative estimate of drug-likeness (QED) is 0.731. The van der Waals surface area contributed by atoms with Crippen molar-refractivity contribution in [3.63, 3.8) is 0 Å². The summed E-state index contributed by atoms with van der Waals surface area (Å²) in [4.78, 5) is 0. The van der Waals surface area contributed by atoms with Crippen LogP contribution < -0.4 is 5.73 Å². The molecule has 2 aliphatic carbocycles. The summed E-state index contributed by atoms with van der Waals surface area (Å²) in [5.74, 6) is 2.85. The summed E-state index contributed by atoms with van der Waals surface area (Å²) in [6.45, 7) is 2.33. The molecule has 2 aliphatic rings. The molecule has 0 aromatic heterocycles. The van der Waals surface area contributed by atoms with Gasteiger partial charge in [0.05, 0.1) is 0 Å². The Kier molecular flexibility index (Phi) is 3.48. The minimum absolute atomic E-state index is 0.525. The van der Waals surface area contributed by atoms with Crippen LogP contribution in [-0.4, -0.2) is 6.04 Å². The Morgan fingerprint density at radius 3 is 2.57 bits per heavy atom. The molecular weight excluding hydrogens is 170 g/mol. The fraction of sp³-hybridized carbons (Fsp3) is 1.00. The maximum atomic E-state index is 6.31. The average molecular weight is 195 g/mol. The molecule has 1 nitrogen and oxygen atoms in total. The first-order valence-electron chi connectivity index (χ1n) is 6.55. The van der Waals surface area contributed by atoms with Crippen LogP contribution in [0.15, 0.2) is 0 Å². The molecule has 2 rings (SSSR count). The van der Waals surface area contributed by atoms with E-state index in [0.29, 0.717) is 6.04 Å². The number of rotatable bonds is 4. The normalized spacial score (nSPS) is 35.6. The predicted molar refractivity (Wildman–Crippen MR) is 61.1 cm³/mol. The highest BCUT2D eigenvalue weighted by Crippen LogP contribution is 2.38. The maximum Gasteiger partial charge on any atom is 0.00699 e. The Hall–Kier alpha value is -0.0400. The largest absolute Gasteiger partial charge is 0.327 e. The smallest absolute Gasteiger partial charge is 0.00699 e. The van der Waals surface area contributed by atoms with E-state index in [1.54, 1.807) is 0 Å². The Morgan fingerprint density at radius 2 is 1.93 bits per heavy atom. The zero-order valence-electron chi connectivity index (χ0n) is 9.54. The highest BCUT2D eigenvalue weighted by molar-refractivity contribution is 4.85. The minimum Gasteiger partial charge on any atom is -0.327 e. The summed E-state index contributed by atoms with van der Waals surface area (Å²) in [5.41, 5.74) is 6.31. The predicted octanol–water partition coefficient (Wildman–Crippen LogP) is 3.33. The van der Waals surface area contributed by atoms with Gasteiger partial charge in [0.15, 0.2) is 0 Å². The van der Waals surface area contributed by atoms with Gasteiger partial charge in [-0.05, 0) is 37.0 Å². The van der Waals surface area contributed by atoms with E-state index in [1.165, 1.54) is 51.4 Å². The van der Waals surface area contributed by atoms with Crippen LogP contribution in [0.3, 0.4) is 0 Å². The molecule has 0 saturated heterocycles. The first-order chi connectivity index (χ1) is 6.79. The molecule has 0 aliphatic heterocycles. The summed E-state index contributed by atoms with van der Waals surface area (Å²) < 4.78 is 0. The van der Waals surface area contributed by atoms with Gasteiger partial charge in [0.1, 0.15) is 0 Å². The Morgan fingerprint density at radius 1 is 1.14 bits per heavy atom. The lowest BCUT2D eigenvalue weighted by Crippen LogP contribution is -2.34. The van der Waals surface area contributed by atoms with E-state index in [2.05, 4.69) is 6.92 Å². The van der Waals surface area contributed by atoms with Gasteiger partial charge in [-0.25, -0.2) is 0 Å². The van der Waals surface area contributed by atoms with Gasteiger partial charge in [-0.1, -0.05) is 39.0 Å². The van der Waals surface area contributed by atoms with Crippen LogP contribution in [0, 0.1) is 17.8 Å². The Labute approximate surface area is 88.4 Å². The third-order valence-electron chi connectivity index (χ3n) is 4.31. The second kappa shape index (κ2) is 4.65. The molecule has 0 aromatic rings. The highest BCUT2D eigenvalue weighted by Gasteiger charge is 2.30. The summed E-state index contributed by atoms with van der Waals surface area (Å²) in [7, 11) is 0. The Bertz CT molecular complexity index is 174. The fourth-order valence-electron chi connectivity index (χ4n) is 3.02. The molecule has 0 radical (unpaired) electrons. The molecule has 1 heteroatoms. The average Bonchev–Trinajstić information content (AvgIpc) is 3.02. The minimum atomic E-state index is 0.525. The van der Waals surface area contributed by atoms with Crippen molar-refractivity contribution in [2.45, 2.75) is 64.3 Å². The van der Waals surface area contributed by atoms with Gasteiger partial charge in [0.2, 0.25) is 0 Å². The molecular formula is C13H25N. The lowest BCUT2D eigenvalue weighted by Gasteiger charge is -2.32. The van der Waals surface area contributed by atoms with Crippen molar-refractivity contribution in [2.24, 2.45) is 23.5 Å². The molecule has 3 atom stereocenters. The summed E-state index contributed by atoms with van der Waals surface area (Å²) in [6.07, 6.45) is 11.3. The molecule has 0 amide bonds. The van der Waals surface area contributed by atoms with Crippen LogP contribution >= 0.6 is 0 Å². The first kappa shape index (κ1) is 10.5. The summed E-state index contributed by atoms with van der Waals surface area (Å²) in [6, 6.07) is 0.525. The van der Waals surface area contributed by atoms with Crippen LogP contribution in [-0.2, 0) is 0 Å². The van der Waals surface area contributed by atoms with E-state index >= 15 is 0 Å². The van der Waals surface area contributed by atoms with Gasteiger partial charge in [0.25, 0.3) is 0 Å². The van der Waals surface area contributed by atoms with Crippen molar-refractivity contribution in [2.75, 3.05) is 0 Å². The second-order valence-electron chi connectivity index (χ2n) is 5.54. The lowest BCUT2D eigenvalue weighted by molar-refractivity contribution is 0.220. The highest BCUT2D eigenvalue weighted by atomic mass is 14.7. The van der Waals surface area contributed by atoms with E-state index in [4.69, 9.17) is 5.73 Å². The van der Waals surface area contributed by atoms with Crippen molar-refractivity contribution >= 4 is 0 Å². The molecule has 2 saturated carbocycles. The maximum absolute atomic E-state index is 6.31. The van der Waals surface area contributed by atoms with Gasteiger partial charge >= 0.3 is 0 Å². The number of nitrogens with two attached hydrogens (primary N) is 1. The standard InChI is InChI=1S/C13H25N/c1-2-10-4-3-5-12(8-10)13(14)9-11-6-7-11/h10-13H,2-9,14H2,1H3. The van der Waals surface area contributed by atoms with E-state index in [1.807, 2.05) is 0 Å². The first-order valence-corrected chi connectivity index (χ1v) is 6.55. The van der Waals surface area contributed by atoms with Crippen molar-refractivity contribution in [1.29, 1.82) is 0 Å². The van der Waals surface area contributed by atoms with Crippen molar-refractivity contribution in [3.05, 3.63) is 0 Å². The number of hydrogen-bond acceptors (Lipinski definition) is 1. The molecule has 0 aromatic carbocycles. The van der Waals surface area contributed by atoms with Crippen molar-refractivity contribution in [3.8, 4) is 0 Å². The second-order valence-corrected chi connectivity index (χ2v) is 5.54. The van der Waals surface area contributed by atoms with E-state index in [-0.39, 0.29) is 0 Å². The van der Waals surface area contributed by atoms with Gasteiger partial charge in [-0.15, -0.1) is 0 Å². The van der Waals surface area contributed by atoms with Gasteiger partial charge in [0, 0.05) is 6.04 Å². The van der Waals surface area contributed by atoms with E-state index < -0.39 is 0 Å². The molecule has 0 bridgehead atoms. The van der Waals surface area contributed by atoms with Crippen LogP contribution in [0.25, 0.3) is 0 Å².